The number of carbonyl (C=O) groups is 2. The second-order valence-corrected chi connectivity index (χ2v) is 8.69. The first kappa shape index (κ1) is 18.2. The summed E-state index contributed by atoms with van der Waals surface area (Å²) < 4.78 is 0. The zero-order valence-electron chi connectivity index (χ0n) is 15.9. The fourth-order valence-electron chi connectivity index (χ4n) is 4.06. The maximum absolute atomic E-state index is 12.7. The molecule has 3 aliphatic heterocycles. The lowest BCUT2D eigenvalue weighted by Crippen LogP contribution is -2.44. The lowest BCUT2D eigenvalue weighted by molar-refractivity contribution is -0.131. The molecule has 1 saturated heterocycles. The first-order valence-corrected chi connectivity index (χ1v) is 10.4. The molecule has 6 nitrogen and oxygen atoms in total. The number of fused-ring (bicyclic) bond motifs is 3. The van der Waals surface area contributed by atoms with Crippen molar-refractivity contribution in [3.8, 4) is 0 Å². The van der Waals surface area contributed by atoms with Crippen LogP contribution in [0.1, 0.15) is 32.8 Å². The molecule has 0 radical (unpaired) electrons. The molecule has 2 amide bonds. The van der Waals surface area contributed by atoms with Crippen molar-refractivity contribution in [2.75, 3.05) is 18.8 Å². The highest BCUT2D eigenvalue weighted by atomic mass is 32.2. The van der Waals surface area contributed by atoms with Crippen LogP contribution in [0.4, 0.5) is 5.69 Å². The average Bonchev–Trinajstić information content (AvgIpc) is 2.94. The molecule has 0 aromatic heterocycles. The highest BCUT2D eigenvalue weighted by molar-refractivity contribution is 8.14. The Morgan fingerprint density at radius 1 is 1.19 bits per heavy atom. The summed E-state index contributed by atoms with van der Waals surface area (Å²) in [4.78, 5) is 38.0. The van der Waals surface area contributed by atoms with Crippen LogP contribution in [0, 0.1) is 11.8 Å². The van der Waals surface area contributed by atoms with E-state index in [-0.39, 0.29) is 17.6 Å². The molecule has 0 spiro atoms. The van der Waals surface area contributed by atoms with Crippen LogP contribution in [-0.4, -0.2) is 57.5 Å². The van der Waals surface area contributed by atoms with Crippen molar-refractivity contribution in [2.45, 2.75) is 33.2 Å². The second kappa shape index (κ2) is 7.11. The highest BCUT2D eigenvalue weighted by Gasteiger charge is 2.39. The molecular weight excluding hydrogens is 360 g/mol. The van der Waals surface area contributed by atoms with E-state index in [9.17, 15) is 9.59 Å². The van der Waals surface area contributed by atoms with Gasteiger partial charge in [0.2, 0.25) is 5.91 Å². The topological polar surface area (TPSA) is 65.3 Å². The quantitative estimate of drug-likeness (QED) is 0.787. The first-order valence-electron chi connectivity index (χ1n) is 9.44. The molecule has 3 heterocycles. The van der Waals surface area contributed by atoms with Crippen molar-refractivity contribution >= 4 is 40.3 Å². The monoisotopic (exact) mass is 384 g/mol. The Balaban J connectivity index is 1.53. The zero-order valence-corrected chi connectivity index (χ0v) is 16.7. The summed E-state index contributed by atoms with van der Waals surface area (Å²) in [6.45, 7) is 7.80. The minimum atomic E-state index is -0.420. The van der Waals surface area contributed by atoms with Crippen LogP contribution in [-0.2, 0) is 9.59 Å². The Hall–Kier alpha value is -2.15. The molecule has 3 aliphatic rings. The lowest BCUT2D eigenvalue weighted by Gasteiger charge is -2.35. The van der Waals surface area contributed by atoms with E-state index in [0.717, 1.165) is 24.3 Å². The van der Waals surface area contributed by atoms with Gasteiger partial charge in [0, 0.05) is 18.7 Å². The summed E-state index contributed by atoms with van der Waals surface area (Å²) >= 11 is 1.33. The molecule has 1 aromatic rings. The van der Waals surface area contributed by atoms with Gasteiger partial charge in [0.1, 0.15) is 11.9 Å². The highest BCUT2D eigenvalue weighted by Crippen LogP contribution is 2.33. The maximum atomic E-state index is 12.7. The van der Waals surface area contributed by atoms with Gasteiger partial charge < -0.3 is 4.90 Å². The number of amidine groups is 2. The van der Waals surface area contributed by atoms with Gasteiger partial charge in [0.25, 0.3) is 5.91 Å². The van der Waals surface area contributed by atoms with E-state index in [1.54, 1.807) is 11.8 Å². The molecule has 0 bridgehead atoms. The Bertz CT molecular complexity index is 840. The predicted octanol–water partition coefficient (Wildman–Crippen LogP) is 2.90. The average molecular weight is 385 g/mol. The molecule has 1 fully saturated rings. The molecule has 4 rings (SSSR count). The smallest absolute Gasteiger partial charge is 0.258 e. The van der Waals surface area contributed by atoms with Crippen molar-refractivity contribution in [1.29, 1.82) is 0 Å². The number of thioether (sulfide) groups is 1. The van der Waals surface area contributed by atoms with E-state index >= 15 is 0 Å². The number of nitrogens with zero attached hydrogens (tertiary/aromatic N) is 4. The summed E-state index contributed by atoms with van der Waals surface area (Å²) in [7, 11) is 0. The minimum Gasteiger partial charge on any atom is -0.341 e. The molecule has 0 unspecified atom stereocenters. The minimum absolute atomic E-state index is 0.0848. The Labute approximate surface area is 163 Å². The number of rotatable bonds is 2. The van der Waals surface area contributed by atoms with Crippen LogP contribution in [0.15, 0.2) is 34.3 Å². The molecular formula is C20H24N4O2S. The molecule has 27 heavy (non-hydrogen) atoms. The number of amides is 2. The Morgan fingerprint density at radius 3 is 2.63 bits per heavy atom. The summed E-state index contributed by atoms with van der Waals surface area (Å²) in [5.41, 5.74) is 1.66. The maximum Gasteiger partial charge on any atom is 0.258 e. The molecule has 142 valence electrons. The number of piperidine rings is 1. The molecule has 7 heteroatoms. The van der Waals surface area contributed by atoms with Crippen molar-refractivity contribution in [3.05, 3.63) is 29.8 Å². The van der Waals surface area contributed by atoms with Crippen LogP contribution in [0.2, 0.25) is 0 Å². The third kappa shape index (κ3) is 3.40. The van der Waals surface area contributed by atoms with Gasteiger partial charge in [-0.3, -0.25) is 14.6 Å². The zero-order chi connectivity index (χ0) is 19.1. The van der Waals surface area contributed by atoms with Gasteiger partial charge in [-0.25, -0.2) is 9.89 Å². The summed E-state index contributed by atoms with van der Waals surface area (Å²) in [6, 6.07) is 7.26. The molecule has 0 saturated carbocycles. The Kier molecular flexibility index (Phi) is 4.80. The summed E-state index contributed by atoms with van der Waals surface area (Å²) in [6.07, 6.45) is 1.17. The third-order valence-electron chi connectivity index (χ3n) is 5.20. The Morgan fingerprint density at radius 2 is 1.89 bits per heavy atom. The van der Waals surface area contributed by atoms with Gasteiger partial charge in [-0.1, -0.05) is 37.7 Å². The molecule has 3 atom stereocenters. The molecule has 1 aromatic carbocycles. The van der Waals surface area contributed by atoms with Gasteiger partial charge in [-0.05, 0) is 37.3 Å². The van der Waals surface area contributed by atoms with Crippen LogP contribution in [0.5, 0.6) is 0 Å². The van der Waals surface area contributed by atoms with Crippen molar-refractivity contribution in [3.63, 3.8) is 0 Å². The van der Waals surface area contributed by atoms with Gasteiger partial charge >= 0.3 is 0 Å². The SMILES string of the molecule is C[C@@H]1C[C@H](C)CN(C(=O)CSC2=Nc3ccccc3C3=N[C@H](C)C(=O)N23)C1. The number of likely N-dealkylation sites (tertiary alicyclic amines) is 1. The number of benzene rings is 1. The summed E-state index contributed by atoms with van der Waals surface area (Å²) in [5.74, 6) is 2.01. The van der Waals surface area contributed by atoms with Crippen LogP contribution >= 0.6 is 11.8 Å². The first-order chi connectivity index (χ1) is 12.9. The normalized spacial score (nSPS) is 27.1. The number of para-hydroxylation sites is 1. The van der Waals surface area contributed by atoms with Gasteiger partial charge in [-0.2, -0.15) is 0 Å². The van der Waals surface area contributed by atoms with Crippen LogP contribution < -0.4 is 0 Å². The van der Waals surface area contributed by atoms with Gasteiger partial charge in [0.15, 0.2) is 5.17 Å². The van der Waals surface area contributed by atoms with E-state index in [2.05, 4.69) is 23.8 Å². The van der Waals surface area contributed by atoms with Gasteiger partial charge in [0.05, 0.1) is 11.4 Å². The molecule has 0 aliphatic carbocycles. The van der Waals surface area contributed by atoms with Crippen molar-refractivity contribution < 1.29 is 9.59 Å². The van der Waals surface area contributed by atoms with Crippen molar-refractivity contribution in [1.82, 2.24) is 9.80 Å². The van der Waals surface area contributed by atoms with Gasteiger partial charge in [-0.15, -0.1) is 0 Å². The van der Waals surface area contributed by atoms with Crippen LogP contribution in [0.25, 0.3) is 0 Å². The lowest BCUT2D eigenvalue weighted by atomic mass is 9.92. The predicted molar refractivity (Wildman–Crippen MR) is 108 cm³/mol. The van der Waals surface area contributed by atoms with Crippen molar-refractivity contribution in [2.24, 2.45) is 21.8 Å². The standard InChI is InChI=1S/C20H24N4O2S/c1-12-8-13(2)10-23(9-12)17(25)11-27-20-22-16-7-5-4-6-15(16)18-21-14(3)19(26)24(18)20/h4-7,12-14H,8-11H2,1-3H3/t12-,13+,14-/m1/s1. The number of hydrogen-bond donors (Lipinski definition) is 0. The van der Waals surface area contributed by atoms with E-state index in [1.807, 2.05) is 29.2 Å². The second-order valence-electron chi connectivity index (χ2n) is 7.75. The van der Waals surface area contributed by atoms with E-state index in [1.165, 1.54) is 18.2 Å². The number of aliphatic imine (C=N–C) groups is 2. The van der Waals surface area contributed by atoms with E-state index < -0.39 is 6.04 Å². The van der Waals surface area contributed by atoms with E-state index in [0.29, 0.717) is 22.8 Å². The third-order valence-corrected chi connectivity index (χ3v) is 6.13. The molecule has 0 N–H and O–H groups in total. The number of hydrogen-bond acceptors (Lipinski definition) is 5. The number of carbonyl (C=O) groups excluding carboxylic acids is 2. The largest absolute Gasteiger partial charge is 0.341 e. The van der Waals surface area contributed by atoms with Crippen LogP contribution in [0.3, 0.4) is 0 Å². The fourth-order valence-corrected chi connectivity index (χ4v) is 4.96. The van der Waals surface area contributed by atoms with E-state index in [4.69, 9.17) is 0 Å². The summed E-state index contributed by atoms with van der Waals surface area (Å²) in [5, 5.41) is 0.549. The fraction of sp³-hybridized carbons (Fsp3) is 0.500.